The van der Waals surface area contributed by atoms with Crippen molar-refractivity contribution in [2.24, 2.45) is 7.05 Å². The van der Waals surface area contributed by atoms with Crippen LogP contribution in [0, 0.1) is 0 Å². The summed E-state index contributed by atoms with van der Waals surface area (Å²) in [7, 11) is 1.93. The van der Waals surface area contributed by atoms with Crippen molar-refractivity contribution in [1.29, 1.82) is 0 Å². The van der Waals surface area contributed by atoms with Gasteiger partial charge in [0.1, 0.15) is 0 Å². The Kier molecular flexibility index (Phi) is 6.11. The Morgan fingerprint density at radius 1 is 1.15 bits per heavy atom. The normalized spacial score (nSPS) is 25.4. The van der Waals surface area contributed by atoms with Crippen LogP contribution in [0.5, 0.6) is 0 Å². The first-order valence-corrected chi connectivity index (χ1v) is 9.36. The Labute approximate surface area is 175 Å². The molecule has 2 heterocycles. The Bertz CT molecular complexity index is 701. The summed E-state index contributed by atoms with van der Waals surface area (Å²) in [6.45, 7) is 0.461. The van der Waals surface area contributed by atoms with E-state index in [4.69, 9.17) is 0 Å². The third-order valence-corrected chi connectivity index (χ3v) is 5.86. The van der Waals surface area contributed by atoms with Gasteiger partial charge < -0.3 is 15.2 Å². The van der Waals surface area contributed by atoms with Crippen LogP contribution < -0.4 is 40.0 Å². The summed E-state index contributed by atoms with van der Waals surface area (Å²) in [6, 6.07) is -0.738. The van der Waals surface area contributed by atoms with Crippen LogP contribution in [0.3, 0.4) is 0 Å². The molecule has 1 aliphatic heterocycles. The average molecular weight is 368 g/mol. The van der Waals surface area contributed by atoms with Crippen LogP contribution >= 0.6 is 0 Å². The van der Waals surface area contributed by atoms with Crippen molar-refractivity contribution in [3.63, 3.8) is 0 Å². The van der Waals surface area contributed by atoms with Gasteiger partial charge in [-0.05, 0) is 56.9 Å². The molecule has 2 aliphatic carbocycles. The molecule has 1 amide bonds. The van der Waals surface area contributed by atoms with Gasteiger partial charge in [-0.2, -0.15) is 5.10 Å². The number of rotatable bonds is 5. The summed E-state index contributed by atoms with van der Waals surface area (Å²) < 4.78 is 1.88. The Morgan fingerprint density at radius 3 is 2.54 bits per heavy atom. The molecule has 0 bridgehead atoms. The number of aliphatic carboxylic acids is 1. The third kappa shape index (κ3) is 3.72. The molecule has 136 valence electrons. The fourth-order valence-corrected chi connectivity index (χ4v) is 4.48. The minimum atomic E-state index is -1.05. The van der Waals surface area contributed by atoms with E-state index in [2.05, 4.69) is 10.4 Å². The molecule has 1 saturated carbocycles. The van der Waals surface area contributed by atoms with Crippen molar-refractivity contribution < 1.29 is 44.3 Å². The molecule has 1 N–H and O–H groups in total. The molecule has 8 heteroatoms. The number of amides is 1. The Morgan fingerprint density at radius 2 is 1.85 bits per heavy atom. The first-order chi connectivity index (χ1) is 12.1. The number of aryl methyl sites for hydroxylation is 2. The maximum Gasteiger partial charge on any atom is 1.00 e. The Hall–Kier alpha value is -0.890. The van der Waals surface area contributed by atoms with E-state index in [1.54, 1.807) is 0 Å². The van der Waals surface area contributed by atoms with Crippen LogP contribution in [0.15, 0.2) is 0 Å². The minimum Gasteiger partial charge on any atom is -0.548 e. The number of carboxylic acids is 1. The molecular formula is C18H25N4NaO3. The number of carboxylic acid groups (broad SMARTS) is 1. The summed E-state index contributed by atoms with van der Waals surface area (Å²) in [4.78, 5) is 26.0. The predicted octanol–water partition coefficient (Wildman–Crippen LogP) is -3.34. The number of hydrogen-bond acceptors (Lipinski definition) is 5. The first kappa shape index (κ1) is 19.9. The van der Waals surface area contributed by atoms with Crippen molar-refractivity contribution in [3.05, 3.63) is 17.0 Å². The number of nitrogens with one attached hydrogen (secondary N) is 1. The fraction of sp³-hybridized carbons (Fsp3) is 0.722. The number of carbonyl (C=O) groups excluding carboxylic acids is 2. The van der Waals surface area contributed by atoms with Gasteiger partial charge in [-0.25, -0.2) is 0 Å². The zero-order chi connectivity index (χ0) is 17.6. The zero-order valence-corrected chi connectivity index (χ0v) is 17.7. The molecular weight excluding hydrogens is 343 g/mol. The minimum absolute atomic E-state index is 0. The number of nitrogens with zero attached hydrogens (tertiary/aromatic N) is 3. The van der Waals surface area contributed by atoms with E-state index in [-0.39, 0.29) is 47.5 Å². The number of hydrogen-bond donors (Lipinski definition) is 1. The number of fused-ring (bicyclic) bond motifs is 1. The monoisotopic (exact) mass is 368 g/mol. The molecule has 2 unspecified atom stereocenters. The van der Waals surface area contributed by atoms with E-state index < -0.39 is 12.0 Å². The second-order valence-electron chi connectivity index (χ2n) is 7.53. The summed E-state index contributed by atoms with van der Waals surface area (Å²) in [5.41, 5.74) is 3.53. The molecule has 0 aromatic carbocycles. The van der Waals surface area contributed by atoms with Gasteiger partial charge in [-0.15, -0.1) is 0 Å². The Balaban J connectivity index is 0.00000196. The molecule has 0 radical (unpaired) electrons. The zero-order valence-electron chi connectivity index (χ0n) is 15.7. The van der Waals surface area contributed by atoms with Gasteiger partial charge in [0.05, 0.1) is 36.0 Å². The van der Waals surface area contributed by atoms with Crippen LogP contribution in [-0.2, 0) is 36.0 Å². The molecule has 7 nitrogen and oxygen atoms in total. The van der Waals surface area contributed by atoms with Gasteiger partial charge in [0.15, 0.2) is 0 Å². The van der Waals surface area contributed by atoms with E-state index in [1.807, 2.05) is 16.6 Å². The molecule has 1 saturated heterocycles. The molecule has 4 rings (SSSR count). The van der Waals surface area contributed by atoms with Gasteiger partial charge in [0.25, 0.3) is 0 Å². The number of aromatic nitrogens is 2. The number of likely N-dealkylation sites (tertiary alicyclic amines) is 1. The van der Waals surface area contributed by atoms with Gasteiger partial charge in [0, 0.05) is 13.1 Å². The van der Waals surface area contributed by atoms with Crippen LogP contribution in [0.4, 0.5) is 0 Å². The SMILES string of the molecule is Cn1nc2c(c1CNC(=O)C1CCC(C(=O)[O-])N1C1CC1)CCCC2.[Na+]. The van der Waals surface area contributed by atoms with Gasteiger partial charge in [0.2, 0.25) is 5.91 Å². The summed E-state index contributed by atoms with van der Waals surface area (Å²) in [5, 5.41) is 19.0. The van der Waals surface area contributed by atoms with Crippen LogP contribution in [0.2, 0.25) is 0 Å². The fourth-order valence-electron chi connectivity index (χ4n) is 4.48. The van der Waals surface area contributed by atoms with Crippen molar-refractivity contribution in [2.45, 2.75) is 76.0 Å². The van der Waals surface area contributed by atoms with Crippen molar-refractivity contribution in [3.8, 4) is 0 Å². The number of carbonyl (C=O) groups is 2. The third-order valence-electron chi connectivity index (χ3n) is 5.86. The molecule has 0 spiro atoms. The molecule has 26 heavy (non-hydrogen) atoms. The van der Waals surface area contributed by atoms with Crippen molar-refractivity contribution in [2.75, 3.05) is 0 Å². The standard InChI is InChI=1S/C18H26N4O3.Na/c1-21-16(12-4-2-3-5-13(12)20-21)10-19-17(23)14-8-9-15(18(24)25)22(14)11-6-7-11;/h11,14-15H,2-10H2,1H3,(H,19,23)(H,24,25);/q;+1/p-1. The van der Waals surface area contributed by atoms with Crippen molar-refractivity contribution >= 4 is 11.9 Å². The van der Waals surface area contributed by atoms with Crippen LogP contribution in [-0.4, -0.2) is 44.7 Å². The van der Waals surface area contributed by atoms with Crippen molar-refractivity contribution in [1.82, 2.24) is 20.0 Å². The second-order valence-corrected chi connectivity index (χ2v) is 7.53. The van der Waals surface area contributed by atoms with E-state index in [0.29, 0.717) is 19.4 Å². The van der Waals surface area contributed by atoms with Gasteiger partial charge in [-0.1, -0.05) is 0 Å². The molecule has 2 fully saturated rings. The van der Waals surface area contributed by atoms with Gasteiger partial charge >= 0.3 is 29.6 Å². The largest absolute Gasteiger partial charge is 1.00 e. The van der Waals surface area contributed by atoms with E-state index in [9.17, 15) is 14.7 Å². The maximum absolute atomic E-state index is 12.7. The summed E-state index contributed by atoms with van der Waals surface area (Å²) >= 11 is 0. The van der Waals surface area contributed by atoms with Gasteiger partial charge in [-0.3, -0.25) is 14.4 Å². The van der Waals surface area contributed by atoms with Crippen LogP contribution in [0.1, 0.15) is 55.5 Å². The first-order valence-electron chi connectivity index (χ1n) is 9.36. The molecule has 1 aromatic rings. The molecule has 1 aromatic heterocycles. The van der Waals surface area contributed by atoms with Crippen LogP contribution in [0.25, 0.3) is 0 Å². The average Bonchev–Trinajstić information content (AvgIpc) is 3.24. The van der Waals surface area contributed by atoms with E-state index in [1.165, 1.54) is 18.4 Å². The quantitative estimate of drug-likeness (QED) is 0.549. The summed E-state index contributed by atoms with van der Waals surface area (Å²) in [6.07, 6.45) is 7.43. The van der Waals surface area contributed by atoms with E-state index >= 15 is 0 Å². The molecule has 3 aliphatic rings. The molecule has 2 atom stereocenters. The van der Waals surface area contributed by atoms with E-state index in [0.717, 1.165) is 37.1 Å². The predicted molar refractivity (Wildman–Crippen MR) is 88.4 cm³/mol. The second kappa shape index (κ2) is 8.00. The summed E-state index contributed by atoms with van der Waals surface area (Å²) in [5.74, 6) is -1.12. The smallest absolute Gasteiger partial charge is 0.548 e. The maximum atomic E-state index is 12.7. The topological polar surface area (TPSA) is 90.3 Å².